The second-order valence-electron chi connectivity index (χ2n) is 5.31. The van der Waals surface area contributed by atoms with E-state index in [1.54, 1.807) is 0 Å². The van der Waals surface area contributed by atoms with Gasteiger partial charge < -0.3 is 10.1 Å². The monoisotopic (exact) mass is 262 g/mol. The van der Waals surface area contributed by atoms with Gasteiger partial charge in [-0.3, -0.25) is 4.90 Å². The number of rotatable bonds is 4. The first-order valence-corrected chi connectivity index (χ1v) is 6.84. The molecule has 2 aliphatic rings. The highest BCUT2D eigenvalue weighted by atomic mass is 35.5. The van der Waals surface area contributed by atoms with E-state index in [1.807, 2.05) is 7.11 Å². The lowest BCUT2D eigenvalue weighted by Gasteiger charge is -2.38. The first-order chi connectivity index (χ1) is 7.90. The molecule has 3 nitrogen and oxygen atoms in total. The minimum Gasteiger partial charge on any atom is -0.383 e. The molecule has 1 N–H and O–H groups in total. The third-order valence-electron chi connectivity index (χ3n) is 4.05. The van der Waals surface area contributed by atoms with Gasteiger partial charge in [0.05, 0.1) is 6.61 Å². The van der Waals surface area contributed by atoms with Crippen molar-refractivity contribution in [3.05, 3.63) is 0 Å². The molecule has 0 aromatic rings. The van der Waals surface area contributed by atoms with E-state index in [-0.39, 0.29) is 12.4 Å². The molecule has 1 atom stereocenters. The van der Waals surface area contributed by atoms with Crippen LogP contribution in [-0.4, -0.2) is 50.8 Å². The van der Waals surface area contributed by atoms with Gasteiger partial charge in [-0.15, -0.1) is 12.4 Å². The van der Waals surface area contributed by atoms with Crippen LogP contribution in [0.2, 0.25) is 0 Å². The van der Waals surface area contributed by atoms with Crippen LogP contribution in [0.1, 0.15) is 32.1 Å². The molecular formula is C13H27ClN2O. The van der Waals surface area contributed by atoms with Crippen molar-refractivity contribution >= 4 is 12.4 Å². The third kappa shape index (κ3) is 4.74. The molecule has 1 saturated heterocycles. The Hall–Kier alpha value is 0.170. The Labute approximate surface area is 112 Å². The summed E-state index contributed by atoms with van der Waals surface area (Å²) in [7, 11) is 1.81. The molecule has 102 valence electrons. The number of hydrogen-bond acceptors (Lipinski definition) is 3. The number of nitrogens with one attached hydrogen (secondary N) is 1. The molecule has 1 unspecified atom stereocenters. The predicted molar refractivity (Wildman–Crippen MR) is 73.9 cm³/mol. The van der Waals surface area contributed by atoms with E-state index in [1.165, 1.54) is 45.2 Å². The molecule has 0 radical (unpaired) electrons. The Bertz CT molecular complexity index is 196. The molecule has 0 amide bonds. The zero-order valence-electron chi connectivity index (χ0n) is 11.0. The van der Waals surface area contributed by atoms with Crippen molar-refractivity contribution in [2.45, 2.75) is 38.1 Å². The number of ether oxygens (including phenoxy) is 1. The second kappa shape index (κ2) is 8.30. The Morgan fingerprint density at radius 1 is 1.24 bits per heavy atom. The molecule has 1 aliphatic heterocycles. The van der Waals surface area contributed by atoms with E-state index in [4.69, 9.17) is 4.74 Å². The minimum atomic E-state index is 0. The predicted octanol–water partition coefficient (Wildman–Crippen LogP) is 1.91. The third-order valence-corrected chi connectivity index (χ3v) is 4.05. The quantitative estimate of drug-likeness (QED) is 0.838. The van der Waals surface area contributed by atoms with Crippen LogP contribution in [0, 0.1) is 5.92 Å². The van der Waals surface area contributed by atoms with Gasteiger partial charge in [0.25, 0.3) is 0 Å². The Morgan fingerprint density at radius 3 is 2.71 bits per heavy atom. The Kier molecular flexibility index (Phi) is 7.44. The molecule has 1 saturated carbocycles. The summed E-state index contributed by atoms with van der Waals surface area (Å²) < 4.78 is 5.32. The molecule has 4 heteroatoms. The zero-order chi connectivity index (χ0) is 11.2. The van der Waals surface area contributed by atoms with Crippen LogP contribution in [0.25, 0.3) is 0 Å². The maximum atomic E-state index is 5.32. The van der Waals surface area contributed by atoms with Crippen LogP contribution in [0.5, 0.6) is 0 Å². The van der Waals surface area contributed by atoms with Crippen LogP contribution >= 0.6 is 12.4 Å². The number of methoxy groups -OCH3 is 1. The van der Waals surface area contributed by atoms with Gasteiger partial charge in [0.2, 0.25) is 0 Å². The summed E-state index contributed by atoms with van der Waals surface area (Å²) in [6, 6.07) is 0.598. The van der Waals surface area contributed by atoms with Crippen molar-refractivity contribution in [2.24, 2.45) is 5.92 Å². The van der Waals surface area contributed by atoms with Crippen LogP contribution in [-0.2, 0) is 4.74 Å². The average Bonchev–Trinajstić information content (AvgIpc) is 2.33. The summed E-state index contributed by atoms with van der Waals surface area (Å²) in [5.41, 5.74) is 0. The highest BCUT2D eigenvalue weighted by molar-refractivity contribution is 5.85. The molecular weight excluding hydrogens is 236 g/mol. The largest absolute Gasteiger partial charge is 0.383 e. The maximum Gasteiger partial charge on any atom is 0.0630 e. The zero-order valence-corrected chi connectivity index (χ0v) is 11.8. The van der Waals surface area contributed by atoms with Gasteiger partial charge >= 0.3 is 0 Å². The van der Waals surface area contributed by atoms with Gasteiger partial charge in [0.1, 0.15) is 0 Å². The molecule has 17 heavy (non-hydrogen) atoms. The van der Waals surface area contributed by atoms with Crippen molar-refractivity contribution in [1.29, 1.82) is 0 Å². The SMILES string of the molecule is COCC1CNCCN1CC1CCCCC1.Cl. The van der Waals surface area contributed by atoms with E-state index in [0.29, 0.717) is 6.04 Å². The summed E-state index contributed by atoms with van der Waals surface area (Å²) >= 11 is 0. The van der Waals surface area contributed by atoms with Crippen molar-refractivity contribution in [1.82, 2.24) is 10.2 Å². The maximum absolute atomic E-state index is 5.32. The van der Waals surface area contributed by atoms with E-state index < -0.39 is 0 Å². The summed E-state index contributed by atoms with van der Waals surface area (Å²) in [6.07, 6.45) is 7.25. The van der Waals surface area contributed by atoms with Crippen molar-refractivity contribution in [3.63, 3.8) is 0 Å². The van der Waals surface area contributed by atoms with Gasteiger partial charge in [-0.25, -0.2) is 0 Å². The fourth-order valence-electron chi connectivity index (χ4n) is 3.10. The van der Waals surface area contributed by atoms with Crippen LogP contribution in [0.15, 0.2) is 0 Å². The highest BCUT2D eigenvalue weighted by Gasteiger charge is 2.25. The van der Waals surface area contributed by atoms with Crippen molar-refractivity contribution in [3.8, 4) is 0 Å². The van der Waals surface area contributed by atoms with Crippen molar-refractivity contribution < 1.29 is 4.74 Å². The van der Waals surface area contributed by atoms with Crippen LogP contribution in [0.3, 0.4) is 0 Å². The standard InChI is InChI=1S/C13H26N2O.ClH/c1-16-11-13-9-14-7-8-15(13)10-12-5-3-2-4-6-12;/h12-14H,2-11H2,1H3;1H. The second-order valence-corrected chi connectivity index (χ2v) is 5.31. The summed E-state index contributed by atoms with van der Waals surface area (Å²) in [6.45, 7) is 5.62. The molecule has 0 spiro atoms. The number of nitrogens with zero attached hydrogens (tertiary/aromatic N) is 1. The van der Waals surface area contributed by atoms with Gasteiger partial charge in [-0.05, 0) is 18.8 Å². The fourth-order valence-corrected chi connectivity index (χ4v) is 3.10. The number of hydrogen-bond donors (Lipinski definition) is 1. The van der Waals surface area contributed by atoms with Gasteiger partial charge in [-0.2, -0.15) is 0 Å². The number of piperazine rings is 1. The van der Waals surface area contributed by atoms with E-state index in [2.05, 4.69) is 10.2 Å². The van der Waals surface area contributed by atoms with Crippen LogP contribution in [0.4, 0.5) is 0 Å². The van der Waals surface area contributed by atoms with E-state index >= 15 is 0 Å². The Balaban J connectivity index is 0.00000144. The lowest BCUT2D eigenvalue weighted by atomic mass is 9.88. The van der Waals surface area contributed by atoms with E-state index in [9.17, 15) is 0 Å². The lowest BCUT2D eigenvalue weighted by molar-refractivity contribution is 0.0581. The Morgan fingerprint density at radius 2 is 2.00 bits per heavy atom. The molecule has 2 rings (SSSR count). The molecule has 0 aromatic carbocycles. The summed E-state index contributed by atoms with van der Waals surface area (Å²) in [4.78, 5) is 2.65. The fraction of sp³-hybridized carbons (Fsp3) is 1.00. The molecule has 1 aliphatic carbocycles. The minimum absolute atomic E-state index is 0. The molecule has 1 heterocycles. The number of halogens is 1. The molecule has 0 aromatic heterocycles. The molecule has 2 fully saturated rings. The normalized spacial score (nSPS) is 27.7. The summed E-state index contributed by atoms with van der Waals surface area (Å²) in [5.74, 6) is 0.950. The topological polar surface area (TPSA) is 24.5 Å². The van der Waals surface area contributed by atoms with Crippen LogP contribution < -0.4 is 5.32 Å². The summed E-state index contributed by atoms with van der Waals surface area (Å²) in [5, 5.41) is 3.47. The smallest absolute Gasteiger partial charge is 0.0630 e. The van der Waals surface area contributed by atoms with Crippen molar-refractivity contribution in [2.75, 3.05) is 39.9 Å². The van der Waals surface area contributed by atoms with Gasteiger partial charge in [-0.1, -0.05) is 19.3 Å². The lowest BCUT2D eigenvalue weighted by Crippen LogP contribution is -2.54. The first-order valence-electron chi connectivity index (χ1n) is 6.84. The average molecular weight is 263 g/mol. The van der Waals surface area contributed by atoms with Gasteiger partial charge in [0, 0.05) is 39.3 Å². The highest BCUT2D eigenvalue weighted by Crippen LogP contribution is 2.25. The molecule has 0 bridgehead atoms. The first kappa shape index (κ1) is 15.2. The van der Waals surface area contributed by atoms with Gasteiger partial charge in [0.15, 0.2) is 0 Å². The van der Waals surface area contributed by atoms with E-state index in [0.717, 1.165) is 25.6 Å².